The number of carbonyl (C=O) groups excluding carboxylic acids is 1. The fourth-order valence-corrected chi connectivity index (χ4v) is 3.80. The molecule has 3 rings (SSSR count). The molecule has 19 heavy (non-hydrogen) atoms. The molecule has 2 aliphatic rings. The fourth-order valence-electron chi connectivity index (χ4n) is 2.49. The Labute approximate surface area is 116 Å². The first kappa shape index (κ1) is 12.7. The summed E-state index contributed by atoms with van der Waals surface area (Å²) < 4.78 is 5.40. The van der Waals surface area contributed by atoms with Gasteiger partial charge in [-0.2, -0.15) is 0 Å². The molecule has 1 aromatic heterocycles. The monoisotopic (exact) mass is 281 g/mol. The van der Waals surface area contributed by atoms with Gasteiger partial charge in [0, 0.05) is 25.7 Å². The van der Waals surface area contributed by atoms with E-state index >= 15 is 0 Å². The van der Waals surface area contributed by atoms with Crippen molar-refractivity contribution in [3.63, 3.8) is 0 Å². The van der Waals surface area contributed by atoms with Crippen LogP contribution in [0.15, 0.2) is 0 Å². The molecule has 1 saturated heterocycles. The number of nitrogen functional groups attached to an aromatic ring is 1. The van der Waals surface area contributed by atoms with Crippen molar-refractivity contribution in [2.75, 3.05) is 44.0 Å². The largest absolute Gasteiger partial charge is 0.397 e. The Morgan fingerprint density at radius 2 is 2.11 bits per heavy atom. The zero-order chi connectivity index (χ0) is 13.4. The summed E-state index contributed by atoms with van der Waals surface area (Å²) in [6.07, 6.45) is 2.37. The molecular formula is C13H19N3O2S. The normalized spacial score (nSPS) is 19.5. The van der Waals surface area contributed by atoms with E-state index in [1.54, 1.807) is 7.05 Å². The van der Waals surface area contributed by atoms with Gasteiger partial charge >= 0.3 is 0 Å². The Bertz CT molecular complexity index is 490. The highest BCUT2D eigenvalue weighted by Crippen LogP contribution is 2.52. The lowest BCUT2D eigenvalue weighted by molar-refractivity contribution is 0.0968. The van der Waals surface area contributed by atoms with Crippen LogP contribution in [-0.4, -0.2) is 39.3 Å². The number of thiophene rings is 1. The van der Waals surface area contributed by atoms with Gasteiger partial charge in [0.2, 0.25) is 0 Å². The Kier molecular flexibility index (Phi) is 3.36. The SMILES string of the molecule is CNC(=O)c1sc(N2CCOCC2)c(C2CC2)c1N. The molecule has 2 fully saturated rings. The van der Waals surface area contributed by atoms with E-state index in [-0.39, 0.29) is 5.91 Å². The van der Waals surface area contributed by atoms with Crippen LogP contribution in [0.1, 0.15) is 34.0 Å². The van der Waals surface area contributed by atoms with Gasteiger partial charge in [-0.05, 0) is 18.8 Å². The number of nitrogens with two attached hydrogens (primary N) is 1. The average molecular weight is 281 g/mol. The average Bonchev–Trinajstić information content (AvgIpc) is 3.22. The molecule has 0 unspecified atom stereocenters. The van der Waals surface area contributed by atoms with Crippen molar-refractivity contribution in [2.24, 2.45) is 0 Å². The lowest BCUT2D eigenvalue weighted by atomic mass is 10.1. The predicted octanol–water partition coefficient (Wildman–Crippen LogP) is 1.40. The van der Waals surface area contributed by atoms with Gasteiger partial charge in [0.1, 0.15) is 4.88 Å². The third kappa shape index (κ3) is 2.30. The van der Waals surface area contributed by atoms with Gasteiger partial charge in [0.25, 0.3) is 5.91 Å². The summed E-state index contributed by atoms with van der Waals surface area (Å²) in [5.74, 6) is 0.469. The van der Waals surface area contributed by atoms with Crippen molar-refractivity contribution >= 4 is 27.9 Å². The molecule has 3 N–H and O–H groups in total. The molecule has 104 valence electrons. The molecule has 0 aromatic carbocycles. The number of amides is 1. The van der Waals surface area contributed by atoms with Crippen LogP contribution in [0.4, 0.5) is 10.7 Å². The quantitative estimate of drug-likeness (QED) is 0.879. The lowest BCUT2D eigenvalue weighted by Gasteiger charge is -2.28. The zero-order valence-corrected chi connectivity index (χ0v) is 11.9. The van der Waals surface area contributed by atoms with Crippen LogP contribution in [-0.2, 0) is 4.74 Å². The second-order valence-electron chi connectivity index (χ2n) is 5.02. The molecule has 5 nitrogen and oxygen atoms in total. The molecule has 1 aromatic rings. The molecule has 0 radical (unpaired) electrons. The maximum Gasteiger partial charge on any atom is 0.263 e. The van der Waals surface area contributed by atoms with Gasteiger partial charge in [-0.1, -0.05) is 0 Å². The zero-order valence-electron chi connectivity index (χ0n) is 11.1. The topological polar surface area (TPSA) is 67.6 Å². The van der Waals surface area contributed by atoms with E-state index in [1.807, 2.05) is 0 Å². The summed E-state index contributed by atoms with van der Waals surface area (Å²) >= 11 is 1.53. The van der Waals surface area contributed by atoms with Crippen LogP contribution in [0.2, 0.25) is 0 Å². The molecule has 1 saturated carbocycles. The first-order chi connectivity index (χ1) is 9.22. The Morgan fingerprint density at radius 3 is 2.68 bits per heavy atom. The first-order valence-electron chi connectivity index (χ1n) is 6.69. The second kappa shape index (κ2) is 5.02. The van der Waals surface area contributed by atoms with Gasteiger partial charge < -0.3 is 20.7 Å². The van der Waals surface area contributed by atoms with Gasteiger partial charge in [0.05, 0.1) is 23.9 Å². The highest BCUT2D eigenvalue weighted by Gasteiger charge is 2.34. The van der Waals surface area contributed by atoms with Crippen molar-refractivity contribution in [3.05, 3.63) is 10.4 Å². The molecule has 2 heterocycles. The van der Waals surface area contributed by atoms with E-state index in [4.69, 9.17) is 10.5 Å². The van der Waals surface area contributed by atoms with E-state index in [0.29, 0.717) is 16.5 Å². The van der Waals surface area contributed by atoms with E-state index in [0.717, 1.165) is 26.3 Å². The number of nitrogens with zero attached hydrogens (tertiary/aromatic N) is 1. The molecule has 6 heteroatoms. The highest BCUT2D eigenvalue weighted by atomic mass is 32.1. The maximum atomic E-state index is 11.9. The number of anilines is 2. The summed E-state index contributed by atoms with van der Waals surface area (Å²) in [5.41, 5.74) is 8.11. The van der Waals surface area contributed by atoms with Crippen molar-refractivity contribution < 1.29 is 9.53 Å². The van der Waals surface area contributed by atoms with E-state index in [9.17, 15) is 4.79 Å². The molecule has 0 bridgehead atoms. The smallest absolute Gasteiger partial charge is 0.263 e. The summed E-state index contributed by atoms with van der Waals surface area (Å²) in [5, 5.41) is 3.86. The maximum absolute atomic E-state index is 11.9. The number of hydrogen-bond donors (Lipinski definition) is 2. The summed E-state index contributed by atoms with van der Waals surface area (Å²) in [7, 11) is 1.65. The van der Waals surface area contributed by atoms with Gasteiger partial charge in [-0.25, -0.2) is 0 Å². The lowest BCUT2D eigenvalue weighted by Crippen LogP contribution is -2.36. The van der Waals surface area contributed by atoms with Crippen LogP contribution in [0.25, 0.3) is 0 Å². The van der Waals surface area contributed by atoms with E-state index in [2.05, 4.69) is 10.2 Å². The molecule has 1 amide bonds. The third-order valence-corrected chi connectivity index (χ3v) is 4.96. The van der Waals surface area contributed by atoms with Crippen molar-refractivity contribution in [2.45, 2.75) is 18.8 Å². The highest BCUT2D eigenvalue weighted by molar-refractivity contribution is 7.18. The third-order valence-electron chi connectivity index (χ3n) is 3.68. The number of hydrogen-bond acceptors (Lipinski definition) is 5. The summed E-state index contributed by atoms with van der Waals surface area (Å²) in [6.45, 7) is 3.26. The van der Waals surface area contributed by atoms with E-state index < -0.39 is 0 Å². The number of rotatable bonds is 3. The van der Waals surface area contributed by atoms with Crippen LogP contribution >= 0.6 is 11.3 Å². The fraction of sp³-hybridized carbons (Fsp3) is 0.615. The standard InChI is InChI=1S/C13H19N3O2S/c1-15-12(17)11-10(14)9(8-2-3-8)13(19-11)16-4-6-18-7-5-16/h8H,2-7,14H2,1H3,(H,15,17). The van der Waals surface area contributed by atoms with Gasteiger partial charge in [-0.15, -0.1) is 11.3 Å². The number of morpholine rings is 1. The number of ether oxygens (including phenoxy) is 1. The summed E-state index contributed by atoms with van der Waals surface area (Å²) in [6, 6.07) is 0. The number of nitrogens with one attached hydrogen (secondary N) is 1. The summed E-state index contributed by atoms with van der Waals surface area (Å²) in [4.78, 5) is 14.9. The van der Waals surface area contributed by atoms with Gasteiger partial charge in [0.15, 0.2) is 0 Å². The Balaban J connectivity index is 1.99. The first-order valence-corrected chi connectivity index (χ1v) is 7.51. The molecule has 1 aliphatic carbocycles. The van der Waals surface area contributed by atoms with Crippen LogP contribution in [0.3, 0.4) is 0 Å². The minimum absolute atomic E-state index is 0.0797. The second-order valence-corrected chi connectivity index (χ2v) is 6.02. The predicted molar refractivity (Wildman–Crippen MR) is 77.1 cm³/mol. The van der Waals surface area contributed by atoms with Crippen LogP contribution < -0.4 is 16.0 Å². The van der Waals surface area contributed by atoms with Gasteiger partial charge in [-0.3, -0.25) is 4.79 Å². The van der Waals surface area contributed by atoms with E-state index in [1.165, 1.54) is 34.7 Å². The minimum Gasteiger partial charge on any atom is -0.397 e. The Hall–Kier alpha value is -1.27. The molecule has 1 aliphatic heterocycles. The Morgan fingerprint density at radius 1 is 1.42 bits per heavy atom. The molecule has 0 atom stereocenters. The molecule has 0 spiro atoms. The van der Waals surface area contributed by atoms with Crippen molar-refractivity contribution in [1.82, 2.24) is 5.32 Å². The number of carbonyl (C=O) groups is 1. The minimum atomic E-state index is -0.0797. The van der Waals surface area contributed by atoms with Crippen molar-refractivity contribution in [3.8, 4) is 0 Å². The molecular weight excluding hydrogens is 262 g/mol. The van der Waals surface area contributed by atoms with Crippen LogP contribution in [0, 0.1) is 0 Å². The van der Waals surface area contributed by atoms with Crippen molar-refractivity contribution in [1.29, 1.82) is 0 Å². The van der Waals surface area contributed by atoms with Crippen LogP contribution in [0.5, 0.6) is 0 Å².